The minimum atomic E-state index is -0.426. The predicted molar refractivity (Wildman–Crippen MR) is 78.9 cm³/mol. The first-order valence-corrected chi connectivity index (χ1v) is 6.81. The molecule has 0 aromatic heterocycles. The van der Waals surface area contributed by atoms with Crippen molar-refractivity contribution in [3.05, 3.63) is 61.2 Å². The molecule has 1 aromatic carbocycles. The van der Waals surface area contributed by atoms with Gasteiger partial charge in [0.2, 0.25) is 5.91 Å². The van der Waals surface area contributed by atoms with E-state index in [4.69, 9.17) is 0 Å². The molecule has 0 saturated carbocycles. The third kappa shape index (κ3) is 2.48. The first-order chi connectivity index (χ1) is 9.24. The Morgan fingerprint density at radius 3 is 2.58 bits per heavy atom. The Morgan fingerprint density at radius 2 is 1.95 bits per heavy atom. The summed E-state index contributed by atoms with van der Waals surface area (Å²) in [5, 5.41) is 0. The summed E-state index contributed by atoms with van der Waals surface area (Å²) in [6.07, 6.45) is 6.29. The van der Waals surface area contributed by atoms with E-state index in [1.54, 1.807) is 6.08 Å². The number of benzene rings is 1. The molecule has 0 N–H and O–H groups in total. The Kier molecular flexibility index (Phi) is 4.20. The lowest BCUT2D eigenvalue weighted by molar-refractivity contribution is -0.140. The zero-order chi connectivity index (χ0) is 13.7. The first kappa shape index (κ1) is 13.6. The lowest BCUT2D eigenvalue weighted by Crippen LogP contribution is -2.51. The van der Waals surface area contributed by atoms with E-state index in [1.807, 2.05) is 29.2 Å². The fourth-order valence-corrected chi connectivity index (χ4v) is 2.99. The number of rotatable bonds is 5. The second-order valence-electron chi connectivity index (χ2n) is 5.08. The van der Waals surface area contributed by atoms with E-state index >= 15 is 0 Å². The van der Waals surface area contributed by atoms with Crippen LogP contribution in [-0.4, -0.2) is 23.9 Å². The zero-order valence-corrected chi connectivity index (χ0v) is 11.3. The summed E-state index contributed by atoms with van der Waals surface area (Å²) in [6.45, 7) is 9.04. The smallest absolute Gasteiger partial charge is 0.233 e. The topological polar surface area (TPSA) is 20.3 Å². The van der Waals surface area contributed by atoms with Gasteiger partial charge in [0.1, 0.15) is 0 Å². The molecule has 2 rings (SSSR count). The Labute approximate surface area is 115 Å². The van der Waals surface area contributed by atoms with Crippen LogP contribution >= 0.6 is 0 Å². The molecule has 1 fully saturated rings. The van der Waals surface area contributed by atoms with Crippen molar-refractivity contribution in [1.29, 1.82) is 0 Å². The van der Waals surface area contributed by atoms with Crippen LogP contribution < -0.4 is 0 Å². The lowest BCUT2D eigenvalue weighted by atomic mass is 9.71. The minimum Gasteiger partial charge on any atom is -0.338 e. The van der Waals surface area contributed by atoms with Gasteiger partial charge < -0.3 is 4.90 Å². The number of likely N-dealkylation sites (tertiary alicyclic amines) is 1. The summed E-state index contributed by atoms with van der Waals surface area (Å²) < 4.78 is 0. The van der Waals surface area contributed by atoms with Gasteiger partial charge in [0.25, 0.3) is 0 Å². The van der Waals surface area contributed by atoms with Crippen LogP contribution in [0.1, 0.15) is 24.8 Å². The van der Waals surface area contributed by atoms with Crippen molar-refractivity contribution in [3.8, 4) is 0 Å². The van der Waals surface area contributed by atoms with Gasteiger partial charge in [0.05, 0.1) is 5.41 Å². The van der Waals surface area contributed by atoms with Crippen LogP contribution in [0.5, 0.6) is 0 Å². The fraction of sp³-hybridized carbons (Fsp3) is 0.353. The summed E-state index contributed by atoms with van der Waals surface area (Å²) in [5.41, 5.74) is 0.679. The van der Waals surface area contributed by atoms with Gasteiger partial charge >= 0.3 is 0 Å². The summed E-state index contributed by atoms with van der Waals surface area (Å²) in [6, 6.07) is 10.1. The predicted octanol–water partition coefficient (Wildman–Crippen LogP) is 3.31. The Balaban J connectivity index is 2.40. The van der Waals surface area contributed by atoms with Crippen LogP contribution in [-0.2, 0) is 10.2 Å². The third-order valence-corrected chi connectivity index (χ3v) is 3.90. The minimum absolute atomic E-state index is 0.213. The maximum Gasteiger partial charge on any atom is 0.233 e. The van der Waals surface area contributed by atoms with Crippen LogP contribution in [0.2, 0.25) is 0 Å². The van der Waals surface area contributed by atoms with E-state index in [2.05, 4.69) is 25.3 Å². The number of hydrogen-bond donors (Lipinski definition) is 0. The second kappa shape index (κ2) is 5.87. The molecule has 1 heterocycles. The molecule has 0 radical (unpaired) electrons. The van der Waals surface area contributed by atoms with Gasteiger partial charge in [-0.25, -0.2) is 0 Å². The number of hydrogen-bond acceptors (Lipinski definition) is 1. The molecule has 0 bridgehead atoms. The number of allylic oxidation sites excluding steroid dienone is 1. The molecule has 2 nitrogen and oxygen atoms in total. The highest BCUT2D eigenvalue weighted by Gasteiger charge is 2.43. The van der Waals surface area contributed by atoms with E-state index in [0.29, 0.717) is 13.0 Å². The van der Waals surface area contributed by atoms with Crippen molar-refractivity contribution in [2.45, 2.75) is 24.7 Å². The summed E-state index contributed by atoms with van der Waals surface area (Å²) in [5.74, 6) is 0.213. The Bertz CT molecular complexity index is 465. The highest BCUT2D eigenvalue weighted by atomic mass is 16.2. The standard InChI is InChI=1S/C17H21NO/c1-3-11-17(15-9-6-5-7-10-15)12-8-14-18(13-4-2)16(17)19/h3-7,9-10H,1-2,8,11-14H2. The van der Waals surface area contributed by atoms with Crippen molar-refractivity contribution in [2.75, 3.05) is 13.1 Å². The molecule has 1 saturated heterocycles. The van der Waals surface area contributed by atoms with E-state index in [9.17, 15) is 4.79 Å². The molecule has 1 atom stereocenters. The highest BCUT2D eigenvalue weighted by Crippen LogP contribution is 2.38. The van der Waals surface area contributed by atoms with Gasteiger partial charge in [0.15, 0.2) is 0 Å². The maximum atomic E-state index is 12.9. The van der Waals surface area contributed by atoms with Crippen LogP contribution in [0.4, 0.5) is 0 Å². The van der Waals surface area contributed by atoms with Gasteiger partial charge in [-0.05, 0) is 24.8 Å². The van der Waals surface area contributed by atoms with Crippen LogP contribution in [0.15, 0.2) is 55.6 Å². The van der Waals surface area contributed by atoms with Crippen molar-refractivity contribution in [3.63, 3.8) is 0 Å². The molecule has 1 amide bonds. The Morgan fingerprint density at radius 1 is 1.21 bits per heavy atom. The second-order valence-corrected chi connectivity index (χ2v) is 5.08. The molecule has 2 heteroatoms. The van der Waals surface area contributed by atoms with Gasteiger partial charge in [-0.2, -0.15) is 0 Å². The molecule has 1 unspecified atom stereocenters. The van der Waals surface area contributed by atoms with Crippen molar-refractivity contribution >= 4 is 5.91 Å². The van der Waals surface area contributed by atoms with Gasteiger partial charge in [-0.15, -0.1) is 13.2 Å². The highest BCUT2D eigenvalue weighted by molar-refractivity contribution is 5.89. The van der Waals surface area contributed by atoms with Gasteiger partial charge in [0, 0.05) is 13.1 Å². The molecular formula is C17H21NO. The molecule has 0 spiro atoms. The maximum absolute atomic E-state index is 12.9. The Hall–Kier alpha value is -1.83. The number of carbonyl (C=O) groups is 1. The molecule has 1 aromatic rings. The van der Waals surface area contributed by atoms with Crippen molar-refractivity contribution < 1.29 is 4.79 Å². The van der Waals surface area contributed by atoms with Crippen molar-refractivity contribution in [1.82, 2.24) is 4.90 Å². The number of amides is 1. The van der Waals surface area contributed by atoms with E-state index in [-0.39, 0.29) is 5.91 Å². The molecule has 0 aliphatic carbocycles. The quantitative estimate of drug-likeness (QED) is 0.739. The normalized spacial score (nSPS) is 23.2. The largest absolute Gasteiger partial charge is 0.338 e. The van der Waals surface area contributed by atoms with E-state index in [0.717, 1.165) is 24.9 Å². The molecule has 1 aliphatic rings. The summed E-state index contributed by atoms with van der Waals surface area (Å²) in [4.78, 5) is 14.8. The van der Waals surface area contributed by atoms with Gasteiger partial charge in [-0.3, -0.25) is 4.79 Å². The van der Waals surface area contributed by atoms with Crippen LogP contribution in [0.25, 0.3) is 0 Å². The summed E-state index contributed by atoms with van der Waals surface area (Å²) in [7, 11) is 0. The fourth-order valence-electron chi connectivity index (χ4n) is 2.99. The number of carbonyl (C=O) groups excluding carboxylic acids is 1. The third-order valence-electron chi connectivity index (χ3n) is 3.90. The number of piperidine rings is 1. The van der Waals surface area contributed by atoms with Crippen LogP contribution in [0.3, 0.4) is 0 Å². The molecule has 1 aliphatic heterocycles. The molecule has 100 valence electrons. The summed E-state index contributed by atoms with van der Waals surface area (Å²) >= 11 is 0. The average Bonchev–Trinajstić information content (AvgIpc) is 2.45. The number of nitrogens with zero attached hydrogens (tertiary/aromatic N) is 1. The molecule has 19 heavy (non-hydrogen) atoms. The van der Waals surface area contributed by atoms with E-state index < -0.39 is 5.41 Å². The van der Waals surface area contributed by atoms with Crippen molar-refractivity contribution in [2.24, 2.45) is 0 Å². The van der Waals surface area contributed by atoms with E-state index in [1.165, 1.54) is 0 Å². The first-order valence-electron chi connectivity index (χ1n) is 6.81. The SMILES string of the molecule is C=CCN1CCCC(CC=C)(c2ccccc2)C1=O. The monoisotopic (exact) mass is 255 g/mol. The average molecular weight is 255 g/mol. The van der Waals surface area contributed by atoms with Gasteiger partial charge in [-0.1, -0.05) is 42.5 Å². The zero-order valence-electron chi connectivity index (χ0n) is 11.3. The molecular weight excluding hydrogens is 234 g/mol. The van der Waals surface area contributed by atoms with Crippen LogP contribution in [0, 0.1) is 0 Å². The lowest BCUT2D eigenvalue weighted by Gasteiger charge is -2.41.